The van der Waals surface area contributed by atoms with Crippen LogP contribution in [-0.2, 0) is 4.79 Å². The quantitative estimate of drug-likeness (QED) is 0.516. The first-order chi connectivity index (χ1) is 12.6. The van der Waals surface area contributed by atoms with Crippen molar-refractivity contribution in [3.63, 3.8) is 0 Å². The number of anilines is 1. The minimum atomic E-state index is -0.216. The minimum Gasteiger partial charge on any atom is -0.484 e. The van der Waals surface area contributed by atoms with Gasteiger partial charge in [-0.2, -0.15) is 0 Å². The molecule has 2 N–H and O–H groups in total. The summed E-state index contributed by atoms with van der Waals surface area (Å²) < 4.78 is 5.65. The van der Waals surface area contributed by atoms with Crippen LogP contribution in [0.15, 0.2) is 60.7 Å². The third-order valence-electron chi connectivity index (χ3n) is 4.31. The molecule has 26 heavy (non-hydrogen) atoms. The number of rotatable bonds is 4. The smallest absolute Gasteiger partial charge is 0.262 e. The molecular weight excluding hydrogens is 348 g/mol. The number of nitrogens with one attached hydrogen (secondary N) is 2. The van der Waals surface area contributed by atoms with Crippen molar-refractivity contribution in [1.29, 1.82) is 0 Å². The lowest BCUT2D eigenvalue weighted by Gasteiger charge is -2.10. The Morgan fingerprint density at radius 1 is 1.04 bits per heavy atom. The number of hydrogen-bond acceptors (Lipinski definition) is 2. The lowest BCUT2D eigenvalue weighted by molar-refractivity contribution is -0.118. The average molecular weight is 365 g/mol. The van der Waals surface area contributed by atoms with Crippen LogP contribution in [0.25, 0.3) is 21.8 Å². The second-order valence-electron chi connectivity index (χ2n) is 6.17. The van der Waals surface area contributed by atoms with Crippen molar-refractivity contribution in [2.75, 3.05) is 11.9 Å². The van der Waals surface area contributed by atoms with Gasteiger partial charge in [0.25, 0.3) is 5.91 Å². The molecule has 1 amide bonds. The molecule has 0 fully saturated rings. The van der Waals surface area contributed by atoms with Crippen LogP contribution in [0.2, 0.25) is 5.02 Å². The van der Waals surface area contributed by atoms with Crippen LogP contribution in [0.1, 0.15) is 5.56 Å². The number of fused-ring (bicyclic) bond motifs is 3. The molecule has 4 nitrogen and oxygen atoms in total. The van der Waals surface area contributed by atoms with E-state index in [9.17, 15) is 4.79 Å². The van der Waals surface area contributed by atoms with Crippen LogP contribution >= 0.6 is 11.6 Å². The Hall–Kier alpha value is -2.98. The Labute approximate surface area is 155 Å². The summed E-state index contributed by atoms with van der Waals surface area (Å²) in [6, 6.07) is 19.3. The van der Waals surface area contributed by atoms with Crippen LogP contribution in [0.3, 0.4) is 0 Å². The summed E-state index contributed by atoms with van der Waals surface area (Å²) in [5, 5.41) is 5.78. The number of aromatic amines is 1. The number of amides is 1. The number of aryl methyl sites for hydroxylation is 1. The van der Waals surface area contributed by atoms with Crippen LogP contribution in [0.5, 0.6) is 5.75 Å². The van der Waals surface area contributed by atoms with E-state index < -0.39 is 0 Å². The van der Waals surface area contributed by atoms with E-state index in [0.717, 1.165) is 27.7 Å². The van der Waals surface area contributed by atoms with Crippen molar-refractivity contribution in [3.05, 3.63) is 71.2 Å². The summed E-state index contributed by atoms with van der Waals surface area (Å²) in [5.41, 5.74) is 3.70. The number of para-hydroxylation sites is 1. The van der Waals surface area contributed by atoms with Gasteiger partial charge in [0.1, 0.15) is 5.75 Å². The SMILES string of the molecule is Cc1cc(Cl)ccc1NC(=O)COc1ccc2c(c1)[nH]c1ccccc12. The molecule has 0 saturated heterocycles. The molecular formula is C21H17ClN2O2. The van der Waals surface area contributed by atoms with Crippen LogP contribution in [0, 0.1) is 6.92 Å². The monoisotopic (exact) mass is 364 g/mol. The maximum Gasteiger partial charge on any atom is 0.262 e. The maximum absolute atomic E-state index is 12.2. The molecule has 0 unspecified atom stereocenters. The topological polar surface area (TPSA) is 54.1 Å². The van der Waals surface area contributed by atoms with E-state index in [0.29, 0.717) is 10.8 Å². The van der Waals surface area contributed by atoms with Gasteiger partial charge in [-0.25, -0.2) is 0 Å². The highest BCUT2D eigenvalue weighted by atomic mass is 35.5. The molecule has 0 atom stereocenters. The van der Waals surface area contributed by atoms with Gasteiger partial charge in [-0.05, 0) is 48.9 Å². The van der Waals surface area contributed by atoms with E-state index in [1.54, 1.807) is 12.1 Å². The van der Waals surface area contributed by atoms with Crippen molar-refractivity contribution in [2.45, 2.75) is 6.92 Å². The minimum absolute atomic E-state index is 0.0617. The summed E-state index contributed by atoms with van der Waals surface area (Å²) in [6.45, 7) is 1.83. The van der Waals surface area contributed by atoms with E-state index in [1.807, 2.05) is 49.4 Å². The zero-order chi connectivity index (χ0) is 18.1. The highest BCUT2D eigenvalue weighted by Crippen LogP contribution is 2.28. The Bertz CT molecular complexity index is 1120. The van der Waals surface area contributed by atoms with E-state index >= 15 is 0 Å². The van der Waals surface area contributed by atoms with Gasteiger partial charge >= 0.3 is 0 Å². The van der Waals surface area contributed by atoms with Gasteiger partial charge in [-0.3, -0.25) is 4.79 Å². The number of carbonyl (C=O) groups excluding carboxylic acids is 1. The predicted molar refractivity (Wildman–Crippen MR) is 106 cm³/mol. The molecule has 4 aromatic rings. The third kappa shape index (κ3) is 3.24. The molecule has 0 aliphatic heterocycles. The number of benzene rings is 3. The Morgan fingerprint density at radius 2 is 1.85 bits per heavy atom. The molecule has 130 valence electrons. The molecule has 0 radical (unpaired) electrons. The molecule has 1 heterocycles. The van der Waals surface area contributed by atoms with Crippen LogP contribution in [0.4, 0.5) is 5.69 Å². The Morgan fingerprint density at radius 3 is 2.69 bits per heavy atom. The van der Waals surface area contributed by atoms with E-state index in [-0.39, 0.29) is 12.5 Å². The van der Waals surface area contributed by atoms with Crippen molar-refractivity contribution < 1.29 is 9.53 Å². The summed E-state index contributed by atoms with van der Waals surface area (Å²) in [7, 11) is 0. The lowest BCUT2D eigenvalue weighted by atomic mass is 10.1. The number of carbonyl (C=O) groups is 1. The summed E-state index contributed by atoms with van der Waals surface area (Å²) in [6.07, 6.45) is 0. The number of ether oxygens (including phenoxy) is 1. The average Bonchev–Trinajstić information content (AvgIpc) is 3.00. The van der Waals surface area contributed by atoms with E-state index in [2.05, 4.69) is 16.4 Å². The first-order valence-electron chi connectivity index (χ1n) is 8.29. The molecule has 0 saturated carbocycles. The predicted octanol–water partition coefficient (Wildman–Crippen LogP) is 5.30. The van der Waals surface area contributed by atoms with Crippen molar-refractivity contribution in [1.82, 2.24) is 4.98 Å². The third-order valence-corrected chi connectivity index (χ3v) is 4.55. The zero-order valence-corrected chi connectivity index (χ0v) is 14.9. The molecule has 0 aliphatic carbocycles. The molecule has 3 aromatic carbocycles. The second-order valence-corrected chi connectivity index (χ2v) is 6.61. The van der Waals surface area contributed by atoms with Gasteiger partial charge in [-0.1, -0.05) is 29.8 Å². The zero-order valence-electron chi connectivity index (χ0n) is 14.2. The molecule has 4 rings (SSSR count). The van der Waals surface area contributed by atoms with Crippen molar-refractivity contribution >= 4 is 45.0 Å². The fraction of sp³-hybridized carbons (Fsp3) is 0.0952. The molecule has 0 spiro atoms. The molecule has 5 heteroatoms. The fourth-order valence-electron chi connectivity index (χ4n) is 3.03. The molecule has 0 aliphatic rings. The first-order valence-corrected chi connectivity index (χ1v) is 8.67. The number of halogens is 1. The lowest BCUT2D eigenvalue weighted by Crippen LogP contribution is -2.20. The van der Waals surface area contributed by atoms with Crippen molar-refractivity contribution in [3.8, 4) is 5.75 Å². The highest BCUT2D eigenvalue weighted by Gasteiger charge is 2.08. The number of hydrogen-bond donors (Lipinski definition) is 2. The van der Waals surface area contributed by atoms with E-state index in [1.165, 1.54) is 5.39 Å². The second kappa shape index (κ2) is 6.73. The standard InChI is InChI=1S/C21H17ClN2O2/c1-13-10-14(22)6-9-18(13)24-21(25)12-26-15-7-8-17-16-4-2-3-5-19(16)23-20(17)11-15/h2-11,23H,12H2,1H3,(H,24,25). The van der Waals surface area contributed by atoms with Gasteiger partial charge in [0, 0.05) is 33.1 Å². The van der Waals surface area contributed by atoms with Crippen LogP contribution in [-0.4, -0.2) is 17.5 Å². The normalized spacial score (nSPS) is 11.0. The number of aromatic nitrogens is 1. The van der Waals surface area contributed by atoms with Gasteiger partial charge in [0.15, 0.2) is 6.61 Å². The van der Waals surface area contributed by atoms with Crippen LogP contribution < -0.4 is 10.1 Å². The highest BCUT2D eigenvalue weighted by molar-refractivity contribution is 6.30. The summed E-state index contributed by atoms with van der Waals surface area (Å²) in [5.74, 6) is 0.430. The summed E-state index contributed by atoms with van der Waals surface area (Å²) in [4.78, 5) is 15.5. The largest absolute Gasteiger partial charge is 0.484 e. The number of H-pyrrole nitrogens is 1. The van der Waals surface area contributed by atoms with Gasteiger partial charge in [0.2, 0.25) is 0 Å². The van der Waals surface area contributed by atoms with Gasteiger partial charge in [-0.15, -0.1) is 0 Å². The first kappa shape index (κ1) is 16.5. The fourth-order valence-corrected chi connectivity index (χ4v) is 3.25. The Balaban J connectivity index is 1.47. The molecule has 1 aromatic heterocycles. The van der Waals surface area contributed by atoms with Gasteiger partial charge < -0.3 is 15.0 Å². The van der Waals surface area contributed by atoms with E-state index in [4.69, 9.17) is 16.3 Å². The summed E-state index contributed by atoms with van der Waals surface area (Å²) >= 11 is 5.93. The molecule has 0 bridgehead atoms. The maximum atomic E-state index is 12.2. The Kier molecular flexibility index (Phi) is 4.27. The van der Waals surface area contributed by atoms with Gasteiger partial charge in [0.05, 0.1) is 5.52 Å². The van der Waals surface area contributed by atoms with Crippen molar-refractivity contribution in [2.24, 2.45) is 0 Å².